The maximum Gasteiger partial charge on any atom is 0.339 e. The molecule has 1 fully saturated rings. The van der Waals surface area contributed by atoms with Crippen molar-refractivity contribution in [3.05, 3.63) is 54.2 Å². The lowest BCUT2D eigenvalue weighted by molar-refractivity contribution is -0.117. The molecular weight excluding hydrogens is 524 g/mol. The van der Waals surface area contributed by atoms with E-state index in [1.807, 2.05) is 4.72 Å². The van der Waals surface area contributed by atoms with Crippen molar-refractivity contribution in [2.45, 2.75) is 16.7 Å². The van der Waals surface area contributed by atoms with Crippen LogP contribution in [0.25, 0.3) is 10.9 Å². The largest absolute Gasteiger partial charge is 0.465 e. The van der Waals surface area contributed by atoms with Crippen LogP contribution in [-0.4, -0.2) is 71.4 Å². The van der Waals surface area contributed by atoms with Gasteiger partial charge in [-0.05, 0) is 30.3 Å². The summed E-state index contributed by atoms with van der Waals surface area (Å²) in [6.45, 7) is 1.73. The highest BCUT2D eigenvalue weighted by Crippen LogP contribution is 2.36. The normalized spacial score (nSPS) is 14.8. The number of morpholine rings is 1. The third kappa shape index (κ3) is 5.41. The van der Waals surface area contributed by atoms with Crippen molar-refractivity contribution in [2.75, 3.05) is 38.7 Å². The number of benzene rings is 2. The quantitative estimate of drug-likeness (QED) is 0.415. The van der Waals surface area contributed by atoms with Crippen LogP contribution in [0.1, 0.15) is 17.3 Å². The Morgan fingerprint density at radius 3 is 2.43 bits per heavy atom. The van der Waals surface area contributed by atoms with E-state index in [9.17, 15) is 26.4 Å². The topological polar surface area (TPSA) is 161 Å². The average molecular weight is 549 g/mol. The molecule has 196 valence electrons. The Kier molecular flexibility index (Phi) is 7.45. The molecule has 1 aliphatic rings. The fraction of sp³-hybridized carbons (Fsp3) is 0.261. The maximum atomic E-state index is 13.7. The van der Waals surface area contributed by atoms with Crippen LogP contribution in [0, 0.1) is 0 Å². The lowest BCUT2D eigenvalue weighted by Crippen LogP contribution is -2.40. The van der Waals surface area contributed by atoms with Crippen LogP contribution in [0.15, 0.2) is 58.5 Å². The van der Waals surface area contributed by atoms with Crippen LogP contribution in [0.5, 0.6) is 0 Å². The fourth-order valence-electron chi connectivity index (χ4n) is 3.83. The summed E-state index contributed by atoms with van der Waals surface area (Å²) in [7, 11) is -7.14. The molecule has 3 aromatic rings. The number of para-hydroxylation sites is 1. The zero-order chi connectivity index (χ0) is 26.8. The van der Waals surface area contributed by atoms with Crippen molar-refractivity contribution in [2.24, 2.45) is 0 Å². The van der Waals surface area contributed by atoms with Crippen LogP contribution < -0.4 is 10.0 Å². The third-order valence-electron chi connectivity index (χ3n) is 5.57. The van der Waals surface area contributed by atoms with Crippen LogP contribution >= 0.6 is 0 Å². The number of nitrogens with zero attached hydrogens (tertiary/aromatic N) is 2. The van der Waals surface area contributed by atoms with E-state index in [4.69, 9.17) is 9.47 Å². The van der Waals surface area contributed by atoms with Gasteiger partial charge in [0.2, 0.25) is 15.9 Å². The Hall–Kier alpha value is -3.59. The van der Waals surface area contributed by atoms with E-state index in [-0.39, 0.29) is 63.9 Å². The second-order valence-electron chi connectivity index (χ2n) is 8.02. The summed E-state index contributed by atoms with van der Waals surface area (Å²) >= 11 is 0. The fourth-order valence-corrected chi connectivity index (χ4v) is 6.36. The summed E-state index contributed by atoms with van der Waals surface area (Å²) < 4.78 is 66.0. The lowest BCUT2D eigenvalue weighted by Gasteiger charge is -2.27. The molecule has 0 unspecified atom stereocenters. The van der Waals surface area contributed by atoms with Crippen LogP contribution in [0.2, 0.25) is 0 Å². The SMILES string of the molecule is COC(=O)c1ccccc1Nc1c(S(=O)(=O)N2CCOCC2)cnc2ccc(S(=O)(=O)NC(C)=O)cc12. The van der Waals surface area contributed by atoms with Gasteiger partial charge < -0.3 is 14.8 Å². The van der Waals surface area contributed by atoms with Crippen molar-refractivity contribution in [1.82, 2.24) is 14.0 Å². The van der Waals surface area contributed by atoms with Gasteiger partial charge in [-0.3, -0.25) is 9.78 Å². The second-order valence-corrected chi connectivity index (χ2v) is 11.6. The molecule has 1 aliphatic heterocycles. The lowest BCUT2D eigenvalue weighted by atomic mass is 10.1. The second kappa shape index (κ2) is 10.4. The molecule has 0 bridgehead atoms. The number of ether oxygens (including phenoxy) is 2. The highest BCUT2D eigenvalue weighted by Gasteiger charge is 2.31. The van der Waals surface area contributed by atoms with Gasteiger partial charge in [-0.25, -0.2) is 26.4 Å². The summed E-state index contributed by atoms with van der Waals surface area (Å²) in [4.78, 5) is 27.6. The number of esters is 1. The molecule has 0 atom stereocenters. The number of rotatable bonds is 7. The molecule has 0 aliphatic carbocycles. The number of nitrogens with one attached hydrogen (secondary N) is 2. The Labute approximate surface area is 213 Å². The maximum absolute atomic E-state index is 13.7. The molecule has 14 heteroatoms. The van der Waals surface area contributed by atoms with Crippen molar-refractivity contribution in [1.29, 1.82) is 0 Å². The van der Waals surface area contributed by atoms with Crippen LogP contribution in [0.4, 0.5) is 11.4 Å². The van der Waals surface area contributed by atoms with Crippen molar-refractivity contribution in [3.8, 4) is 0 Å². The average Bonchev–Trinajstić information content (AvgIpc) is 2.88. The number of amides is 1. The number of hydrogen-bond donors (Lipinski definition) is 2. The van der Waals surface area contributed by atoms with Gasteiger partial charge >= 0.3 is 5.97 Å². The standard InChI is InChI=1S/C23H24N4O8S2/c1-15(28)26-36(30,31)16-7-8-19-18(13-16)22(25-20-6-4-3-5-17(20)23(29)34-2)21(14-24-19)37(32,33)27-9-11-35-12-10-27/h3-8,13-14H,9-12H2,1-2H3,(H,24,25)(H,26,28). The minimum Gasteiger partial charge on any atom is -0.465 e. The first-order valence-corrected chi connectivity index (χ1v) is 14.0. The highest BCUT2D eigenvalue weighted by atomic mass is 32.2. The molecule has 2 N–H and O–H groups in total. The van der Waals surface area contributed by atoms with Gasteiger partial charge in [-0.1, -0.05) is 12.1 Å². The first-order valence-electron chi connectivity index (χ1n) is 11.0. The Morgan fingerprint density at radius 1 is 1.05 bits per heavy atom. The number of carbonyl (C=O) groups is 2. The van der Waals surface area contributed by atoms with E-state index in [1.165, 1.54) is 41.9 Å². The van der Waals surface area contributed by atoms with Gasteiger partial charge in [0.05, 0.1) is 47.7 Å². The number of pyridine rings is 1. The molecule has 1 amide bonds. The van der Waals surface area contributed by atoms with Crippen LogP contribution in [0.3, 0.4) is 0 Å². The van der Waals surface area contributed by atoms with Crippen molar-refractivity contribution in [3.63, 3.8) is 0 Å². The molecule has 0 spiro atoms. The van der Waals surface area contributed by atoms with Crippen molar-refractivity contribution >= 4 is 54.2 Å². The van der Waals surface area contributed by atoms with E-state index >= 15 is 0 Å². The number of methoxy groups -OCH3 is 1. The first-order chi connectivity index (χ1) is 17.5. The minimum absolute atomic E-state index is 0.00715. The van der Waals surface area contributed by atoms with Gasteiger partial charge in [0.25, 0.3) is 10.0 Å². The monoisotopic (exact) mass is 548 g/mol. The molecule has 2 heterocycles. The van der Waals surface area contributed by atoms with E-state index in [2.05, 4.69) is 10.3 Å². The minimum atomic E-state index is -4.24. The Bertz CT molecular complexity index is 1580. The highest BCUT2D eigenvalue weighted by molar-refractivity contribution is 7.90. The third-order valence-corrected chi connectivity index (χ3v) is 8.91. The van der Waals surface area contributed by atoms with Gasteiger partial charge in [-0.2, -0.15) is 4.31 Å². The number of sulfonamides is 2. The molecule has 0 radical (unpaired) electrons. The Balaban J connectivity index is 1.97. The predicted octanol–water partition coefficient (Wildman–Crippen LogP) is 1.61. The molecule has 1 aromatic heterocycles. The summed E-state index contributed by atoms with van der Waals surface area (Å²) in [5.41, 5.74) is 0.649. The van der Waals surface area contributed by atoms with Crippen molar-refractivity contribution < 1.29 is 35.9 Å². The zero-order valence-electron chi connectivity index (χ0n) is 19.9. The van der Waals surface area contributed by atoms with E-state index in [1.54, 1.807) is 18.2 Å². The molecule has 2 aromatic carbocycles. The molecule has 1 saturated heterocycles. The number of fused-ring (bicyclic) bond motifs is 1. The smallest absolute Gasteiger partial charge is 0.339 e. The number of hydrogen-bond acceptors (Lipinski definition) is 10. The number of aromatic nitrogens is 1. The predicted molar refractivity (Wildman–Crippen MR) is 133 cm³/mol. The van der Waals surface area contributed by atoms with Gasteiger partial charge in [-0.15, -0.1) is 0 Å². The number of carbonyl (C=O) groups excluding carboxylic acids is 2. The van der Waals surface area contributed by atoms with Gasteiger partial charge in [0.1, 0.15) is 4.90 Å². The van der Waals surface area contributed by atoms with Crippen LogP contribution in [-0.2, 0) is 34.3 Å². The summed E-state index contributed by atoms with van der Waals surface area (Å²) in [5, 5.41) is 3.14. The van der Waals surface area contributed by atoms with E-state index < -0.39 is 31.9 Å². The molecule has 37 heavy (non-hydrogen) atoms. The van der Waals surface area contributed by atoms with Gasteiger partial charge in [0, 0.05) is 31.6 Å². The number of anilines is 2. The summed E-state index contributed by atoms with van der Waals surface area (Å²) in [5.74, 6) is -1.44. The molecular formula is C23H24N4O8S2. The molecule has 0 saturated carbocycles. The van der Waals surface area contributed by atoms with Gasteiger partial charge in [0.15, 0.2) is 0 Å². The van der Waals surface area contributed by atoms with E-state index in [0.29, 0.717) is 0 Å². The molecule has 4 rings (SSSR count). The first kappa shape index (κ1) is 26.5. The zero-order valence-corrected chi connectivity index (χ0v) is 21.6. The summed E-state index contributed by atoms with van der Waals surface area (Å²) in [6, 6.07) is 10.2. The van der Waals surface area contributed by atoms with E-state index in [0.717, 1.165) is 6.92 Å². The Morgan fingerprint density at radius 2 is 1.76 bits per heavy atom. The molecule has 12 nitrogen and oxygen atoms in total. The summed E-state index contributed by atoms with van der Waals surface area (Å²) in [6.07, 6.45) is 1.18.